The van der Waals surface area contributed by atoms with Crippen molar-refractivity contribution in [2.45, 2.75) is 83.9 Å². The van der Waals surface area contributed by atoms with Gasteiger partial charge in [-0.05, 0) is 25.2 Å². The molecule has 1 heterocycles. The van der Waals surface area contributed by atoms with E-state index < -0.39 is 0 Å². The summed E-state index contributed by atoms with van der Waals surface area (Å²) in [7, 11) is 0. The van der Waals surface area contributed by atoms with Crippen molar-refractivity contribution < 1.29 is 4.74 Å². The van der Waals surface area contributed by atoms with Gasteiger partial charge < -0.3 is 10.1 Å². The van der Waals surface area contributed by atoms with Gasteiger partial charge in [0.15, 0.2) is 0 Å². The van der Waals surface area contributed by atoms with Crippen LogP contribution in [0.2, 0.25) is 0 Å². The lowest BCUT2D eigenvalue weighted by atomic mass is 9.95. The molecule has 21 heavy (non-hydrogen) atoms. The molecule has 0 spiro atoms. The second-order valence-electron chi connectivity index (χ2n) is 7.09. The summed E-state index contributed by atoms with van der Waals surface area (Å²) in [6, 6.07) is 1.35. The minimum absolute atomic E-state index is 0.548. The summed E-state index contributed by atoms with van der Waals surface area (Å²) in [5, 5.41) is 3.76. The average Bonchev–Trinajstić information content (AvgIpc) is 2.55. The number of hydrogen-bond acceptors (Lipinski definition) is 3. The molecule has 3 unspecified atom stereocenters. The van der Waals surface area contributed by atoms with Crippen LogP contribution in [0.4, 0.5) is 0 Å². The molecule has 0 bridgehead atoms. The molecule has 2 fully saturated rings. The highest BCUT2D eigenvalue weighted by Gasteiger charge is 2.29. The normalized spacial score (nSPS) is 30.4. The topological polar surface area (TPSA) is 24.5 Å². The Morgan fingerprint density at radius 1 is 1.19 bits per heavy atom. The number of rotatable bonds is 7. The van der Waals surface area contributed by atoms with Gasteiger partial charge in [-0.2, -0.15) is 0 Å². The van der Waals surface area contributed by atoms with Crippen molar-refractivity contribution in [3.05, 3.63) is 0 Å². The third kappa shape index (κ3) is 5.22. The van der Waals surface area contributed by atoms with E-state index >= 15 is 0 Å². The monoisotopic (exact) mass is 296 g/mol. The van der Waals surface area contributed by atoms with Crippen LogP contribution in [-0.4, -0.2) is 49.3 Å². The summed E-state index contributed by atoms with van der Waals surface area (Å²) >= 11 is 0. The summed E-state index contributed by atoms with van der Waals surface area (Å²) in [5.74, 6) is 0.768. The first-order chi connectivity index (χ1) is 10.2. The first kappa shape index (κ1) is 17.2. The highest BCUT2D eigenvalue weighted by molar-refractivity contribution is 4.87. The molecule has 0 radical (unpaired) electrons. The maximum absolute atomic E-state index is 6.14. The maximum Gasteiger partial charge on any atom is 0.0597 e. The smallest absolute Gasteiger partial charge is 0.0597 e. The highest BCUT2D eigenvalue weighted by Crippen LogP contribution is 2.21. The van der Waals surface area contributed by atoms with Crippen LogP contribution < -0.4 is 5.32 Å². The van der Waals surface area contributed by atoms with Gasteiger partial charge in [0.1, 0.15) is 0 Å². The largest absolute Gasteiger partial charge is 0.377 e. The van der Waals surface area contributed by atoms with Gasteiger partial charge in [0.2, 0.25) is 0 Å². The van der Waals surface area contributed by atoms with Crippen LogP contribution in [0, 0.1) is 5.92 Å². The van der Waals surface area contributed by atoms with Gasteiger partial charge in [-0.3, -0.25) is 4.90 Å². The Balaban J connectivity index is 1.74. The van der Waals surface area contributed by atoms with Crippen LogP contribution in [0.1, 0.15) is 65.7 Å². The Morgan fingerprint density at radius 3 is 2.62 bits per heavy atom. The van der Waals surface area contributed by atoms with Crippen LogP contribution in [0.25, 0.3) is 0 Å². The summed E-state index contributed by atoms with van der Waals surface area (Å²) in [5.41, 5.74) is 0. The molecule has 3 atom stereocenters. The van der Waals surface area contributed by atoms with Crippen LogP contribution in [0.3, 0.4) is 0 Å². The fraction of sp³-hybridized carbons (Fsp3) is 1.00. The van der Waals surface area contributed by atoms with Crippen LogP contribution in [0.5, 0.6) is 0 Å². The fourth-order valence-corrected chi connectivity index (χ4v) is 3.79. The number of ether oxygens (including phenoxy) is 1. The van der Waals surface area contributed by atoms with Crippen molar-refractivity contribution in [2.24, 2.45) is 5.92 Å². The Labute approximate surface area is 131 Å². The Bertz CT molecular complexity index is 278. The van der Waals surface area contributed by atoms with Crippen molar-refractivity contribution in [2.75, 3.05) is 26.2 Å². The average molecular weight is 296 g/mol. The molecule has 0 aromatic heterocycles. The van der Waals surface area contributed by atoms with E-state index in [2.05, 4.69) is 31.0 Å². The molecular formula is C18H36N2O. The lowest BCUT2D eigenvalue weighted by molar-refractivity contribution is 0.00106. The summed E-state index contributed by atoms with van der Waals surface area (Å²) in [4.78, 5) is 2.68. The number of nitrogens with zero attached hydrogens (tertiary/aromatic N) is 1. The van der Waals surface area contributed by atoms with E-state index in [-0.39, 0.29) is 0 Å². The second kappa shape index (κ2) is 9.12. The molecule has 0 aromatic carbocycles. The van der Waals surface area contributed by atoms with Gasteiger partial charge in [0.05, 0.1) is 12.7 Å². The molecule has 0 amide bonds. The minimum Gasteiger partial charge on any atom is -0.377 e. The van der Waals surface area contributed by atoms with E-state index in [0.29, 0.717) is 18.2 Å². The van der Waals surface area contributed by atoms with Crippen LogP contribution in [0.15, 0.2) is 0 Å². The van der Waals surface area contributed by atoms with Crippen LogP contribution >= 0.6 is 0 Å². The van der Waals surface area contributed by atoms with Gasteiger partial charge in [-0.25, -0.2) is 0 Å². The standard InChI is InChI=1S/C18H36N2O/c1-4-15(3)18-14-20(16(5-2)13-19-18)11-12-21-17-9-7-6-8-10-17/h15-19H,4-14H2,1-3H3. The molecule has 1 saturated heterocycles. The van der Waals surface area contributed by atoms with Crippen molar-refractivity contribution >= 4 is 0 Å². The SMILES string of the molecule is CCC(C)C1CN(CCOC2CCCCC2)C(CC)CN1. The molecule has 1 aliphatic carbocycles. The molecule has 1 aliphatic heterocycles. The fourth-order valence-electron chi connectivity index (χ4n) is 3.79. The third-order valence-corrected chi connectivity index (χ3v) is 5.65. The van der Waals surface area contributed by atoms with E-state index in [0.717, 1.165) is 25.6 Å². The Hall–Kier alpha value is -0.120. The highest BCUT2D eigenvalue weighted by atomic mass is 16.5. The summed E-state index contributed by atoms with van der Waals surface area (Å²) in [6.45, 7) is 11.4. The predicted molar refractivity (Wildman–Crippen MR) is 89.7 cm³/mol. The molecule has 1 saturated carbocycles. The van der Waals surface area contributed by atoms with Gasteiger partial charge in [-0.1, -0.05) is 46.5 Å². The molecular weight excluding hydrogens is 260 g/mol. The predicted octanol–water partition coefficient (Wildman–Crippen LogP) is 3.43. The number of piperazine rings is 1. The lowest BCUT2D eigenvalue weighted by Gasteiger charge is -2.42. The lowest BCUT2D eigenvalue weighted by Crippen LogP contribution is -2.58. The van der Waals surface area contributed by atoms with E-state index in [4.69, 9.17) is 4.74 Å². The van der Waals surface area contributed by atoms with Gasteiger partial charge >= 0.3 is 0 Å². The zero-order valence-electron chi connectivity index (χ0n) is 14.4. The molecule has 3 heteroatoms. The van der Waals surface area contributed by atoms with Crippen molar-refractivity contribution in [1.29, 1.82) is 0 Å². The van der Waals surface area contributed by atoms with E-state index in [1.165, 1.54) is 51.5 Å². The van der Waals surface area contributed by atoms with E-state index in [1.54, 1.807) is 0 Å². The first-order valence-electron chi connectivity index (χ1n) is 9.33. The Morgan fingerprint density at radius 2 is 1.95 bits per heavy atom. The van der Waals surface area contributed by atoms with Crippen molar-refractivity contribution in [1.82, 2.24) is 10.2 Å². The minimum atomic E-state index is 0.548. The van der Waals surface area contributed by atoms with E-state index in [1.807, 2.05) is 0 Å². The summed E-state index contributed by atoms with van der Waals surface area (Å²) < 4.78 is 6.14. The van der Waals surface area contributed by atoms with Gasteiger partial charge in [0.25, 0.3) is 0 Å². The van der Waals surface area contributed by atoms with Crippen molar-refractivity contribution in [3.8, 4) is 0 Å². The van der Waals surface area contributed by atoms with Gasteiger partial charge in [-0.15, -0.1) is 0 Å². The van der Waals surface area contributed by atoms with E-state index in [9.17, 15) is 0 Å². The zero-order chi connectivity index (χ0) is 15.1. The number of nitrogens with one attached hydrogen (secondary N) is 1. The molecule has 1 N–H and O–H groups in total. The van der Waals surface area contributed by atoms with Gasteiger partial charge in [0, 0.05) is 31.7 Å². The van der Waals surface area contributed by atoms with Crippen LogP contribution in [-0.2, 0) is 4.74 Å². The molecule has 124 valence electrons. The third-order valence-electron chi connectivity index (χ3n) is 5.65. The maximum atomic E-state index is 6.14. The Kier molecular flexibility index (Phi) is 7.48. The zero-order valence-corrected chi connectivity index (χ0v) is 14.4. The van der Waals surface area contributed by atoms with Crippen molar-refractivity contribution in [3.63, 3.8) is 0 Å². The second-order valence-corrected chi connectivity index (χ2v) is 7.09. The first-order valence-corrected chi connectivity index (χ1v) is 9.33. The number of hydrogen-bond donors (Lipinski definition) is 1. The summed E-state index contributed by atoms with van der Waals surface area (Å²) in [6.07, 6.45) is 9.77. The molecule has 2 rings (SSSR count). The molecule has 3 nitrogen and oxygen atoms in total. The quantitative estimate of drug-likeness (QED) is 0.779. The molecule has 2 aliphatic rings. The molecule has 0 aromatic rings.